The second-order valence-corrected chi connectivity index (χ2v) is 6.04. The summed E-state index contributed by atoms with van der Waals surface area (Å²) < 4.78 is 5.35. The van der Waals surface area contributed by atoms with Gasteiger partial charge in [0.15, 0.2) is 0 Å². The molecule has 1 saturated heterocycles. The molecule has 112 valence electrons. The standard InChI is InChI=1S/C15H22ClNO3/c1-11-6-13(16)7-12(14(11)19)8-17-9-15(10-18)2-4-20-5-3-15/h6-7,17-19H,2-5,8-10H2,1H3. The van der Waals surface area contributed by atoms with Crippen molar-refractivity contribution in [2.45, 2.75) is 26.3 Å². The molecular weight excluding hydrogens is 278 g/mol. The number of aryl methyl sites for hydroxylation is 1. The third-order valence-corrected chi connectivity index (χ3v) is 4.27. The van der Waals surface area contributed by atoms with Gasteiger partial charge in [0.1, 0.15) is 5.75 Å². The first kappa shape index (κ1) is 15.6. The predicted octanol–water partition coefficient (Wildman–Crippen LogP) is 2.23. The van der Waals surface area contributed by atoms with Crippen molar-refractivity contribution < 1.29 is 14.9 Å². The molecule has 0 saturated carbocycles. The first-order chi connectivity index (χ1) is 9.56. The van der Waals surface area contributed by atoms with E-state index in [0.29, 0.717) is 31.3 Å². The van der Waals surface area contributed by atoms with Crippen LogP contribution in [0, 0.1) is 12.3 Å². The number of hydrogen-bond donors (Lipinski definition) is 3. The van der Waals surface area contributed by atoms with Gasteiger partial charge in [-0.15, -0.1) is 0 Å². The molecule has 1 fully saturated rings. The molecule has 2 rings (SSSR count). The first-order valence-corrected chi connectivity index (χ1v) is 7.31. The minimum atomic E-state index is -0.110. The van der Waals surface area contributed by atoms with Crippen molar-refractivity contribution in [3.8, 4) is 5.75 Å². The van der Waals surface area contributed by atoms with Crippen LogP contribution in [-0.4, -0.2) is 36.6 Å². The van der Waals surface area contributed by atoms with Gasteiger partial charge in [-0.1, -0.05) is 11.6 Å². The predicted molar refractivity (Wildman–Crippen MR) is 79.1 cm³/mol. The Morgan fingerprint density at radius 1 is 1.35 bits per heavy atom. The van der Waals surface area contributed by atoms with E-state index in [2.05, 4.69) is 5.32 Å². The molecule has 1 heterocycles. The lowest BCUT2D eigenvalue weighted by Crippen LogP contribution is -2.41. The average molecular weight is 300 g/mol. The van der Waals surface area contributed by atoms with Crippen LogP contribution in [-0.2, 0) is 11.3 Å². The molecule has 0 amide bonds. The SMILES string of the molecule is Cc1cc(Cl)cc(CNCC2(CO)CCOCC2)c1O. The maximum Gasteiger partial charge on any atom is 0.123 e. The molecule has 1 aliphatic rings. The molecule has 0 aromatic heterocycles. The fraction of sp³-hybridized carbons (Fsp3) is 0.600. The summed E-state index contributed by atoms with van der Waals surface area (Å²) in [4.78, 5) is 0. The summed E-state index contributed by atoms with van der Waals surface area (Å²) in [6.07, 6.45) is 1.72. The van der Waals surface area contributed by atoms with E-state index in [0.717, 1.165) is 24.0 Å². The molecule has 0 spiro atoms. The zero-order chi connectivity index (χ0) is 14.6. The van der Waals surface area contributed by atoms with Crippen LogP contribution < -0.4 is 5.32 Å². The normalized spacial score (nSPS) is 18.1. The number of rotatable bonds is 5. The zero-order valence-corrected chi connectivity index (χ0v) is 12.5. The summed E-state index contributed by atoms with van der Waals surface area (Å²) in [7, 11) is 0. The van der Waals surface area contributed by atoms with E-state index in [1.54, 1.807) is 12.1 Å². The van der Waals surface area contributed by atoms with Crippen LogP contribution in [0.4, 0.5) is 0 Å². The highest BCUT2D eigenvalue weighted by Crippen LogP contribution is 2.30. The van der Waals surface area contributed by atoms with Gasteiger partial charge in [-0.2, -0.15) is 0 Å². The highest BCUT2D eigenvalue weighted by atomic mass is 35.5. The molecule has 4 nitrogen and oxygen atoms in total. The molecule has 0 unspecified atom stereocenters. The van der Waals surface area contributed by atoms with Crippen LogP contribution in [0.3, 0.4) is 0 Å². The van der Waals surface area contributed by atoms with Crippen LogP contribution in [0.1, 0.15) is 24.0 Å². The number of aliphatic hydroxyl groups excluding tert-OH is 1. The average Bonchev–Trinajstić information content (AvgIpc) is 2.45. The number of nitrogens with one attached hydrogen (secondary N) is 1. The van der Waals surface area contributed by atoms with Gasteiger partial charge in [0.05, 0.1) is 6.61 Å². The first-order valence-electron chi connectivity index (χ1n) is 6.94. The summed E-state index contributed by atoms with van der Waals surface area (Å²) in [5.74, 6) is 0.284. The van der Waals surface area contributed by atoms with E-state index in [9.17, 15) is 10.2 Å². The van der Waals surface area contributed by atoms with E-state index in [-0.39, 0.29) is 17.8 Å². The van der Waals surface area contributed by atoms with Crippen LogP contribution in [0.2, 0.25) is 5.02 Å². The van der Waals surface area contributed by atoms with E-state index in [1.807, 2.05) is 6.92 Å². The molecule has 0 aliphatic carbocycles. The Kier molecular flexibility index (Phi) is 5.27. The molecule has 1 aromatic carbocycles. The maximum absolute atomic E-state index is 10.0. The molecule has 0 atom stereocenters. The molecule has 1 aromatic rings. The molecule has 0 radical (unpaired) electrons. The number of benzene rings is 1. The van der Waals surface area contributed by atoms with Gasteiger partial charge in [-0.25, -0.2) is 0 Å². The van der Waals surface area contributed by atoms with Crippen molar-refractivity contribution in [2.24, 2.45) is 5.41 Å². The van der Waals surface area contributed by atoms with Gasteiger partial charge in [0.2, 0.25) is 0 Å². The van der Waals surface area contributed by atoms with Gasteiger partial charge < -0.3 is 20.3 Å². The largest absolute Gasteiger partial charge is 0.507 e. The number of phenolic OH excluding ortho intramolecular Hbond substituents is 1. The third-order valence-electron chi connectivity index (χ3n) is 4.05. The van der Waals surface area contributed by atoms with Gasteiger partial charge in [-0.05, 0) is 37.5 Å². The Morgan fingerprint density at radius 2 is 2.05 bits per heavy atom. The molecule has 3 N–H and O–H groups in total. The highest BCUT2D eigenvalue weighted by Gasteiger charge is 2.31. The minimum absolute atomic E-state index is 0.110. The Balaban J connectivity index is 1.95. The minimum Gasteiger partial charge on any atom is -0.507 e. The van der Waals surface area contributed by atoms with Crippen LogP contribution in [0.25, 0.3) is 0 Å². The van der Waals surface area contributed by atoms with Gasteiger partial charge >= 0.3 is 0 Å². The quantitative estimate of drug-likeness (QED) is 0.780. The summed E-state index contributed by atoms with van der Waals surface area (Å²) in [6, 6.07) is 3.51. The van der Waals surface area contributed by atoms with Crippen LogP contribution in [0.5, 0.6) is 5.75 Å². The van der Waals surface area contributed by atoms with Gasteiger partial charge in [0, 0.05) is 42.3 Å². The van der Waals surface area contributed by atoms with Crippen molar-refractivity contribution >= 4 is 11.6 Å². The molecule has 20 heavy (non-hydrogen) atoms. The molecule has 1 aliphatic heterocycles. The van der Waals surface area contributed by atoms with Crippen LogP contribution in [0.15, 0.2) is 12.1 Å². The number of phenols is 1. The number of aromatic hydroxyl groups is 1. The molecular formula is C15H22ClNO3. The second-order valence-electron chi connectivity index (χ2n) is 5.60. The Bertz CT molecular complexity index is 459. The number of aliphatic hydroxyl groups is 1. The maximum atomic E-state index is 10.0. The third kappa shape index (κ3) is 3.64. The van der Waals surface area contributed by atoms with Gasteiger partial charge in [-0.3, -0.25) is 0 Å². The number of hydrogen-bond acceptors (Lipinski definition) is 4. The highest BCUT2D eigenvalue weighted by molar-refractivity contribution is 6.30. The summed E-state index contributed by atoms with van der Waals surface area (Å²) in [5.41, 5.74) is 1.45. The Morgan fingerprint density at radius 3 is 2.70 bits per heavy atom. The van der Waals surface area contributed by atoms with E-state index < -0.39 is 0 Å². The zero-order valence-electron chi connectivity index (χ0n) is 11.8. The smallest absolute Gasteiger partial charge is 0.123 e. The van der Waals surface area contributed by atoms with Crippen molar-refractivity contribution in [3.05, 3.63) is 28.3 Å². The lowest BCUT2D eigenvalue weighted by Gasteiger charge is -2.35. The van der Waals surface area contributed by atoms with Crippen molar-refractivity contribution in [3.63, 3.8) is 0 Å². The second kappa shape index (κ2) is 6.76. The van der Waals surface area contributed by atoms with Crippen molar-refractivity contribution in [1.82, 2.24) is 5.32 Å². The molecule has 0 bridgehead atoms. The van der Waals surface area contributed by atoms with E-state index in [4.69, 9.17) is 16.3 Å². The number of ether oxygens (including phenoxy) is 1. The summed E-state index contributed by atoms with van der Waals surface area (Å²) in [6.45, 7) is 4.63. The van der Waals surface area contributed by atoms with E-state index >= 15 is 0 Å². The Hall–Kier alpha value is -0.810. The molecule has 5 heteroatoms. The van der Waals surface area contributed by atoms with Crippen molar-refractivity contribution in [1.29, 1.82) is 0 Å². The summed E-state index contributed by atoms with van der Waals surface area (Å²) in [5, 5.41) is 23.6. The number of halogens is 1. The lowest BCUT2D eigenvalue weighted by molar-refractivity contribution is -0.0154. The van der Waals surface area contributed by atoms with Crippen molar-refractivity contribution in [2.75, 3.05) is 26.4 Å². The van der Waals surface area contributed by atoms with Gasteiger partial charge in [0.25, 0.3) is 0 Å². The van der Waals surface area contributed by atoms with Crippen LogP contribution >= 0.6 is 11.6 Å². The lowest BCUT2D eigenvalue weighted by atomic mass is 9.81. The Labute approximate surface area is 124 Å². The summed E-state index contributed by atoms with van der Waals surface area (Å²) >= 11 is 6.01. The monoisotopic (exact) mass is 299 g/mol. The topological polar surface area (TPSA) is 61.7 Å². The fourth-order valence-corrected chi connectivity index (χ4v) is 2.89. The fourth-order valence-electron chi connectivity index (χ4n) is 2.60. The van der Waals surface area contributed by atoms with E-state index in [1.165, 1.54) is 0 Å².